The number of fused-ring (bicyclic) bond motifs is 1. The van der Waals surface area contributed by atoms with Gasteiger partial charge in [0.25, 0.3) is 0 Å². The van der Waals surface area contributed by atoms with E-state index in [1.807, 2.05) is 20.8 Å². The predicted molar refractivity (Wildman–Crippen MR) is 89.9 cm³/mol. The lowest BCUT2D eigenvalue weighted by Gasteiger charge is -2.22. The third-order valence-corrected chi connectivity index (χ3v) is 2.83. The van der Waals surface area contributed by atoms with Gasteiger partial charge in [0, 0.05) is 6.92 Å². The first-order chi connectivity index (χ1) is 11.1. The number of para-hydroxylation sites is 1. The van der Waals surface area contributed by atoms with E-state index in [4.69, 9.17) is 18.6 Å². The SMILES string of the molecule is CC(=O)Oc1c(OC(C)C)c(=O)oc2c(OC(C)(C)C)cccc12. The Labute approximate surface area is 140 Å². The Morgan fingerprint density at radius 2 is 1.83 bits per heavy atom. The Hall–Kier alpha value is -2.50. The summed E-state index contributed by atoms with van der Waals surface area (Å²) in [5.74, 6) is -0.248. The number of benzene rings is 1. The van der Waals surface area contributed by atoms with Crippen LogP contribution in [-0.2, 0) is 4.79 Å². The van der Waals surface area contributed by atoms with Crippen LogP contribution in [0.25, 0.3) is 11.0 Å². The van der Waals surface area contributed by atoms with E-state index in [2.05, 4.69) is 0 Å². The van der Waals surface area contributed by atoms with Crippen molar-refractivity contribution < 1.29 is 23.4 Å². The summed E-state index contributed by atoms with van der Waals surface area (Å²) >= 11 is 0. The van der Waals surface area contributed by atoms with Crippen molar-refractivity contribution in [3.05, 3.63) is 28.6 Å². The third-order valence-electron chi connectivity index (χ3n) is 2.83. The topological polar surface area (TPSA) is 75.0 Å². The number of hydrogen-bond acceptors (Lipinski definition) is 6. The first kappa shape index (κ1) is 17.8. The van der Waals surface area contributed by atoms with Crippen LogP contribution in [0.5, 0.6) is 17.2 Å². The lowest BCUT2D eigenvalue weighted by atomic mass is 10.1. The molecule has 1 aromatic heterocycles. The van der Waals surface area contributed by atoms with Gasteiger partial charge in [0.15, 0.2) is 17.1 Å². The van der Waals surface area contributed by atoms with Gasteiger partial charge >= 0.3 is 11.6 Å². The van der Waals surface area contributed by atoms with E-state index < -0.39 is 17.2 Å². The maximum absolute atomic E-state index is 12.4. The average molecular weight is 334 g/mol. The number of ether oxygens (including phenoxy) is 3. The predicted octanol–water partition coefficient (Wildman–Crippen LogP) is 3.68. The average Bonchev–Trinajstić information content (AvgIpc) is 2.41. The third kappa shape index (κ3) is 4.07. The van der Waals surface area contributed by atoms with Crippen LogP contribution in [0.3, 0.4) is 0 Å². The van der Waals surface area contributed by atoms with Gasteiger partial charge in [-0.1, -0.05) is 6.07 Å². The van der Waals surface area contributed by atoms with Gasteiger partial charge in [-0.05, 0) is 46.8 Å². The van der Waals surface area contributed by atoms with E-state index in [9.17, 15) is 9.59 Å². The largest absolute Gasteiger partial charge is 0.484 e. The van der Waals surface area contributed by atoms with E-state index in [-0.39, 0.29) is 23.2 Å². The van der Waals surface area contributed by atoms with Crippen LogP contribution in [0.2, 0.25) is 0 Å². The molecule has 0 radical (unpaired) electrons. The fraction of sp³-hybridized carbons (Fsp3) is 0.444. The monoisotopic (exact) mass is 334 g/mol. The molecule has 1 aromatic carbocycles. The van der Waals surface area contributed by atoms with E-state index in [0.29, 0.717) is 11.1 Å². The molecule has 0 saturated heterocycles. The summed E-state index contributed by atoms with van der Waals surface area (Å²) < 4.78 is 22.0. The highest BCUT2D eigenvalue weighted by atomic mass is 16.6. The van der Waals surface area contributed by atoms with Crippen molar-refractivity contribution in [3.8, 4) is 17.2 Å². The standard InChI is InChI=1S/C18H22O6/c1-10(2)21-16-15(22-11(3)19)12-8-7-9-13(24-18(4,5)6)14(12)23-17(16)20/h7-10H,1-6H3. The van der Waals surface area contributed by atoms with Crippen molar-refractivity contribution in [2.24, 2.45) is 0 Å². The first-order valence-electron chi connectivity index (χ1n) is 7.72. The molecule has 0 fully saturated rings. The molecule has 6 heteroatoms. The number of esters is 1. The molecule has 0 bridgehead atoms. The number of rotatable bonds is 4. The van der Waals surface area contributed by atoms with Crippen LogP contribution in [-0.4, -0.2) is 17.7 Å². The maximum atomic E-state index is 12.4. The Balaban J connectivity index is 2.76. The van der Waals surface area contributed by atoms with Gasteiger partial charge in [0.05, 0.1) is 11.5 Å². The lowest BCUT2D eigenvalue weighted by molar-refractivity contribution is -0.131. The minimum Gasteiger partial charge on any atom is -0.484 e. The normalized spacial score (nSPS) is 11.6. The molecule has 0 atom stereocenters. The molecule has 6 nitrogen and oxygen atoms in total. The van der Waals surface area contributed by atoms with Crippen molar-refractivity contribution in [1.29, 1.82) is 0 Å². The van der Waals surface area contributed by atoms with Crippen molar-refractivity contribution in [2.45, 2.75) is 53.2 Å². The van der Waals surface area contributed by atoms with Crippen LogP contribution in [0.4, 0.5) is 0 Å². The zero-order valence-corrected chi connectivity index (χ0v) is 14.8. The van der Waals surface area contributed by atoms with E-state index in [0.717, 1.165) is 0 Å². The van der Waals surface area contributed by atoms with Gasteiger partial charge < -0.3 is 18.6 Å². The van der Waals surface area contributed by atoms with E-state index in [1.54, 1.807) is 32.0 Å². The molecule has 0 aliphatic heterocycles. The summed E-state index contributed by atoms with van der Waals surface area (Å²) in [7, 11) is 0. The number of hydrogen-bond donors (Lipinski definition) is 0. The molecule has 1 heterocycles. The highest BCUT2D eigenvalue weighted by Crippen LogP contribution is 2.38. The molecular formula is C18H22O6. The molecule has 0 N–H and O–H groups in total. The molecule has 2 rings (SSSR count). The Morgan fingerprint density at radius 3 is 2.38 bits per heavy atom. The van der Waals surface area contributed by atoms with Crippen LogP contribution in [0.1, 0.15) is 41.5 Å². The molecule has 24 heavy (non-hydrogen) atoms. The highest BCUT2D eigenvalue weighted by molar-refractivity contribution is 5.91. The summed E-state index contributed by atoms with van der Waals surface area (Å²) in [5, 5.41) is 0.433. The minimum absolute atomic E-state index is 0.0433. The van der Waals surface area contributed by atoms with E-state index in [1.165, 1.54) is 6.92 Å². The maximum Gasteiger partial charge on any atom is 0.383 e. The molecule has 0 aliphatic carbocycles. The van der Waals surface area contributed by atoms with Crippen molar-refractivity contribution in [3.63, 3.8) is 0 Å². The van der Waals surface area contributed by atoms with Gasteiger partial charge in [-0.25, -0.2) is 4.79 Å². The minimum atomic E-state index is -0.725. The molecule has 0 saturated carbocycles. The molecule has 0 aliphatic rings. The van der Waals surface area contributed by atoms with E-state index >= 15 is 0 Å². The number of carbonyl (C=O) groups is 1. The van der Waals surface area contributed by atoms with Crippen molar-refractivity contribution in [1.82, 2.24) is 0 Å². The molecular weight excluding hydrogens is 312 g/mol. The molecule has 2 aromatic rings. The van der Waals surface area contributed by atoms with Gasteiger partial charge in [-0.15, -0.1) is 0 Å². The van der Waals surface area contributed by atoms with Crippen LogP contribution >= 0.6 is 0 Å². The zero-order chi connectivity index (χ0) is 18.1. The quantitative estimate of drug-likeness (QED) is 0.627. The van der Waals surface area contributed by atoms with Crippen LogP contribution < -0.4 is 19.8 Å². The van der Waals surface area contributed by atoms with Gasteiger partial charge in [0.1, 0.15) is 5.60 Å². The second-order valence-corrected chi connectivity index (χ2v) is 6.66. The summed E-state index contributed by atoms with van der Waals surface area (Å²) in [6, 6.07) is 5.10. The lowest BCUT2D eigenvalue weighted by Crippen LogP contribution is -2.23. The second kappa shape index (κ2) is 6.55. The molecule has 0 amide bonds. The Morgan fingerprint density at radius 1 is 1.17 bits per heavy atom. The molecule has 130 valence electrons. The smallest absolute Gasteiger partial charge is 0.383 e. The second-order valence-electron chi connectivity index (χ2n) is 6.66. The summed E-state index contributed by atoms with van der Waals surface area (Å²) in [5.41, 5.74) is -0.996. The van der Waals surface area contributed by atoms with Gasteiger partial charge in [-0.2, -0.15) is 0 Å². The van der Waals surface area contributed by atoms with Gasteiger partial charge in [-0.3, -0.25) is 4.79 Å². The van der Waals surface area contributed by atoms with Gasteiger partial charge in [0.2, 0.25) is 5.75 Å². The highest BCUT2D eigenvalue weighted by Gasteiger charge is 2.23. The summed E-state index contributed by atoms with van der Waals surface area (Å²) in [6.07, 6.45) is -0.284. The Bertz CT molecular complexity index is 811. The van der Waals surface area contributed by atoms with Crippen LogP contribution in [0.15, 0.2) is 27.4 Å². The van der Waals surface area contributed by atoms with Crippen molar-refractivity contribution >= 4 is 16.9 Å². The van der Waals surface area contributed by atoms with Crippen LogP contribution in [0, 0.1) is 0 Å². The fourth-order valence-electron chi connectivity index (χ4n) is 2.15. The summed E-state index contributed by atoms with van der Waals surface area (Å²) in [6.45, 7) is 10.4. The summed E-state index contributed by atoms with van der Waals surface area (Å²) in [4.78, 5) is 23.8. The fourth-order valence-corrected chi connectivity index (χ4v) is 2.15. The zero-order valence-electron chi connectivity index (χ0n) is 14.8. The number of carbonyl (C=O) groups excluding carboxylic acids is 1. The Kier molecular flexibility index (Phi) is 4.87. The molecule has 0 spiro atoms. The first-order valence-corrected chi connectivity index (χ1v) is 7.72. The molecule has 0 unspecified atom stereocenters. The van der Waals surface area contributed by atoms with Crippen molar-refractivity contribution in [2.75, 3.05) is 0 Å².